The zero-order valence-corrected chi connectivity index (χ0v) is 17.0. The lowest BCUT2D eigenvalue weighted by Gasteiger charge is -2.60. The molecule has 4 aliphatic rings. The predicted octanol–water partition coefficient (Wildman–Crippen LogP) is 4.89. The van der Waals surface area contributed by atoms with Gasteiger partial charge in [-0.2, -0.15) is 0 Å². The van der Waals surface area contributed by atoms with E-state index in [1.807, 2.05) is 0 Å². The second-order valence-electron chi connectivity index (χ2n) is 9.92. The Bertz CT molecular complexity index is 707. The van der Waals surface area contributed by atoms with Crippen LogP contribution < -0.4 is 0 Å². The summed E-state index contributed by atoms with van der Waals surface area (Å²) in [6.45, 7) is 3.17. The first-order valence-corrected chi connectivity index (χ1v) is 10.8. The fourth-order valence-corrected chi connectivity index (χ4v) is 7.52. The molecule has 152 valence electrons. The summed E-state index contributed by atoms with van der Waals surface area (Å²) in [6.07, 6.45) is 7.41. The van der Waals surface area contributed by atoms with E-state index < -0.39 is 12.3 Å². The minimum atomic E-state index is -2.01. The van der Waals surface area contributed by atoms with Crippen LogP contribution in [0.4, 0.5) is 0 Å². The van der Waals surface area contributed by atoms with Gasteiger partial charge in [-0.3, -0.25) is 9.59 Å². The number of hydrogen-bond donors (Lipinski definition) is 0. The Labute approximate surface area is 168 Å². The molecule has 0 saturated heterocycles. The van der Waals surface area contributed by atoms with Gasteiger partial charge in [-0.25, -0.2) is 0 Å². The third-order valence-electron chi connectivity index (χ3n) is 8.66. The zero-order valence-electron chi connectivity index (χ0n) is 20.0. The van der Waals surface area contributed by atoms with E-state index in [1.165, 1.54) is 13.8 Å². The molecule has 4 fully saturated rings. The van der Waals surface area contributed by atoms with Crippen molar-refractivity contribution in [3.05, 3.63) is 0 Å². The van der Waals surface area contributed by atoms with Crippen LogP contribution in [0, 0.1) is 34.5 Å². The van der Waals surface area contributed by atoms with E-state index in [4.69, 9.17) is 13.6 Å². The summed E-state index contributed by atoms with van der Waals surface area (Å²) >= 11 is 0. The molecular weight excluding hydrogens is 340 g/mol. The molecule has 4 nitrogen and oxygen atoms in total. The number of ether oxygens (including phenoxy) is 2. The van der Waals surface area contributed by atoms with Crippen molar-refractivity contribution < 1.29 is 23.2 Å². The van der Waals surface area contributed by atoms with Crippen molar-refractivity contribution in [1.82, 2.24) is 0 Å². The van der Waals surface area contributed by atoms with Gasteiger partial charge in [-0.05, 0) is 86.9 Å². The molecule has 8 atom stereocenters. The first kappa shape index (κ1) is 15.8. The molecule has 4 heteroatoms. The van der Waals surface area contributed by atoms with Gasteiger partial charge in [0.2, 0.25) is 0 Å². The monoisotopic (exact) mass is 379 g/mol. The van der Waals surface area contributed by atoms with Gasteiger partial charge >= 0.3 is 11.9 Å². The topological polar surface area (TPSA) is 52.6 Å². The Balaban J connectivity index is 1.62. The molecule has 0 radical (unpaired) electrons. The largest absolute Gasteiger partial charge is 0.463 e. The summed E-state index contributed by atoms with van der Waals surface area (Å²) in [7, 11) is 0. The van der Waals surface area contributed by atoms with Gasteiger partial charge in [0.1, 0.15) is 12.2 Å². The lowest BCUT2D eigenvalue weighted by atomic mass is 9.45. The van der Waals surface area contributed by atoms with Crippen LogP contribution in [0.1, 0.15) is 89.5 Å². The summed E-state index contributed by atoms with van der Waals surface area (Å²) in [5, 5.41) is 0. The molecule has 0 amide bonds. The SMILES string of the molecule is [2H]C([2H])([2H])[C@@]12CC[C@@H](OC(C)=O)C[C@H]1CC[C@@H]1[C@H]3CC[C@@H](OC(C)=O)[C@]3(C)CC[C@H]12. The molecule has 4 saturated carbocycles. The molecule has 0 aromatic heterocycles. The number of fused-ring (bicyclic) bond motifs is 5. The lowest BCUT2D eigenvalue weighted by molar-refractivity contribution is -0.167. The normalized spacial score (nSPS) is 50.9. The van der Waals surface area contributed by atoms with E-state index in [1.54, 1.807) is 0 Å². The standard InChI is InChI=1S/C23H36O4/c1-14(24)26-17-9-11-22(3)16(13-17)5-6-18-19-7-8-21(27-15(2)25)23(19,4)12-10-20(18)22/h16-21H,5-13H2,1-4H3/t16-,17-,18-,19-,20-,21-,22-,23-/m1/s1/i3D3. The minimum absolute atomic E-state index is 0.0372. The van der Waals surface area contributed by atoms with Gasteiger partial charge in [0.25, 0.3) is 0 Å². The smallest absolute Gasteiger partial charge is 0.302 e. The number of esters is 2. The van der Waals surface area contributed by atoms with Crippen LogP contribution >= 0.6 is 0 Å². The van der Waals surface area contributed by atoms with E-state index in [-0.39, 0.29) is 41.4 Å². The van der Waals surface area contributed by atoms with Crippen molar-refractivity contribution in [2.45, 2.75) is 97.6 Å². The third-order valence-corrected chi connectivity index (χ3v) is 8.66. The van der Waals surface area contributed by atoms with E-state index in [2.05, 4.69) is 6.92 Å². The number of rotatable bonds is 2. The van der Waals surface area contributed by atoms with E-state index >= 15 is 0 Å². The van der Waals surface area contributed by atoms with E-state index in [9.17, 15) is 9.59 Å². The first-order chi connectivity index (χ1) is 14.0. The predicted molar refractivity (Wildman–Crippen MR) is 103 cm³/mol. The van der Waals surface area contributed by atoms with Crippen LogP contribution in [0.3, 0.4) is 0 Å². The summed E-state index contributed by atoms with van der Waals surface area (Å²) in [6, 6.07) is 0. The van der Waals surface area contributed by atoms with Gasteiger partial charge in [0.05, 0.1) is 0 Å². The van der Waals surface area contributed by atoms with Crippen molar-refractivity contribution in [2.24, 2.45) is 34.5 Å². The Morgan fingerprint density at radius 3 is 2.30 bits per heavy atom. The molecule has 0 heterocycles. The quantitative estimate of drug-likeness (QED) is 0.641. The first-order valence-electron chi connectivity index (χ1n) is 12.3. The number of carbonyl (C=O) groups excluding carboxylic acids is 2. The van der Waals surface area contributed by atoms with Gasteiger partial charge < -0.3 is 9.47 Å². The fraction of sp³-hybridized carbons (Fsp3) is 0.913. The molecule has 0 aromatic carbocycles. The Morgan fingerprint density at radius 1 is 0.889 bits per heavy atom. The lowest BCUT2D eigenvalue weighted by Crippen LogP contribution is -2.54. The van der Waals surface area contributed by atoms with Crippen LogP contribution in [0.25, 0.3) is 0 Å². The molecule has 0 bridgehead atoms. The van der Waals surface area contributed by atoms with Gasteiger partial charge in [0.15, 0.2) is 0 Å². The molecule has 27 heavy (non-hydrogen) atoms. The maximum absolute atomic E-state index is 11.6. The number of carbonyl (C=O) groups is 2. The molecular formula is C23H36O4. The van der Waals surface area contributed by atoms with E-state index in [0.29, 0.717) is 31.1 Å². The molecule has 0 N–H and O–H groups in total. The second-order valence-corrected chi connectivity index (χ2v) is 9.92. The van der Waals surface area contributed by atoms with E-state index in [0.717, 1.165) is 38.5 Å². The van der Waals surface area contributed by atoms with Crippen LogP contribution in [-0.4, -0.2) is 24.1 Å². The summed E-state index contributed by atoms with van der Waals surface area (Å²) in [4.78, 5) is 23.1. The molecule has 0 unspecified atom stereocenters. The summed E-state index contributed by atoms with van der Waals surface area (Å²) in [5.41, 5.74) is -0.710. The van der Waals surface area contributed by atoms with Crippen LogP contribution in [0.2, 0.25) is 0 Å². The average Bonchev–Trinajstić information content (AvgIpc) is 2.95. The highest BCUT2D eigenvalue weighted by Gasteiger charge is 2.61. The van der Waals surface area contributed by atoms with Gasteiger partial charge in [0, 0.05) is 23.4 Å². The van der Waals surface area contributed by atoms with Crippen molar-refractivity contribution >= 4 is 11.9 Å². The maximum atomic E-state index is 11.6. The van der Waals surface area contributed by atoms with Crippen LogP contribution in [0.5, 0.6) is 0 Å². The van der Waals surface area contributed by atoms with Crippen molar-refractivity contribution in [3.8, 4) is 0 Å². The Hall–Kier alpha value is -1.06. The molecule has 4 aliphatic carbocycles. The maximum Gasteiger partial charge on any atom is 0.302 e. The zero-order chi connectivity index (χ0) is 21.9. The molecule has 4 rings (SSSR count). The molecule has 0 spiro atoms. The highest BCUT2D eigenvalue weighted by molar-refractivity contribution is 5.66. The van der Waals surface area contributed by atoms with Crippen molar-refractivity contribution in [1.29, 1.82) is 0 Å². The van der Waals surface area contributed by atoms with Gasteiger partial charge in [-0.1, -0.05) is 13.8 Å². The third kappa shape index (κ3) is 3.11. The van der Waals surface area contributed by atoms with Crippen molar-refractivity contribution in [3.63, 3.8) is 0 Å². The Morgan fingerprint density at radius 2 is 1.59 bits per heavy atom. The van der Waals surface area contributed by atoms with Crippen LogP contribution in [-0.2, 0) is 19.1 Å². The Kier molecular flexibility index (Phi) is 3.97. The fourth-order valence-electron chi connectivity index (χ4n) is 7.52. The summed E-state index contributed by atoms with van der Waals surface area (Å²) < 4.78 is 37.0. The highest BCUT2D eigenvalue weighted by atomic mass is 16.5. The minimum Gasteiger partial charge on any atom is -0.463 e. The molecule has 0 aliphatic heterocycles. The number of hydrogen-bond acceptors (Lipinski definition) is 4. The second kappa shape index (κ2) is 6.77. The van der Waals surface area contributed by atoms with Crippen LogP contribution in [0.15, 0.2) is 0 Å². The summed E-state index contributed by atoms with van der Waals surface area (Å²) in [5.74, 6) is 0.579. The highest BCUT2D eigenvalue weighted by Crippen LogP contribution is 2.66. The van der Waals surface area contributed by atoms with Crippen molar-refractivity contribution in [2.75, 3.05) is 0 Å². The average molecular weight is 380 g/mol. The molecule has 0 aromatic rings. The van der Waals surface area contributed by atoms with Gasteiger partial charge in [-0.15, -0.1) is 0 Å².